The Labute approximate surface area is 107 Å². The van der Waals surface area contributed by atoms with E-state index in [9.17, 15) is 13.0 Å². The molecule has 0 bridgehead atoms. The Bertz CT molecular complexity index is 453. The second kappa shape index (κ2) is 5.42. The van der Waals surface area contributed by atoms with Crippen molar-refractivity contribution in [1.29, 1.82) is 0 Å². The molecule has 1 aromatic rings. The summed E-state index contributed by atoms with van der Waals surface area (Å²) < 4.78 is 44.7. The third-order valence-electron chi connectivity index (χ3n) is 3.20. The van der Waals surface area contributed by atoms with Crippen LogP contribution in [0.4, 0.5) is 8.78 Å². The maximum atomic E-state index is 12.9. The van der Waals surface area contributed by atoms with Crippen molar-refractivity contribution in [3.63, 3.8) is 0 Å². The zero-order chi connectivity index (χ0) is 13.2. The number of halogens is 2. The molecule has 1 unspecified atom stereocenters. The highest BCUT2D eigenvalue weighted by atomic mass is 32.2. The van der Waals surface area contributed by atoms with Crippen molar-refractivity contribution in [2.45, 2.75) is 30.6 Å². The van der Waals surface area contributed by atoms with Crippen molar-refractivity contribution in [3.05, 3.63) is 35.4 Å². The summed E-state index contributed by atoms with van der Waals surface area (Å²) in [4.78, 5) is 0. The maximum absolute atomic E-state index is 12.9. The monoisotopic (exact) mass is 275 g/mol. The molecule has 0 amide bonds. The van der Waals surface area contributed by atoms with Gasteiger partial charge in [0, 0.05) is 19.0 Å². The van der Waals surface area contributed by atoms with Gasteiger partial charge in [0.05, 0.1) is 0 Å². The van der Waals surface area contributed by atoms with Crippen molar-refractivity contribution in [3.8, 4) is 0 Å². The molecule has 1 aliphatic carbocycles. The molecule has 3 nitrogen and oxygen atoms in total. The van der Waals surface area contributed by atoms with Gasteiger partial charge in [-0.05, 0) is 24.0 Å². The van der Waals surface area contributed by atoms with Crippen molar-refractivity contribution in [2.24, 2.45) is 0 Å². The quantitative estimate of drug-likeness (QED) is 0.812. The van der Waals surface area contributed by atoms with Crippen LogP contribution in [0.25, 0.3) is 0 Å². The van der Waals surface area contributed by atoms with E-state index in [-0.39, 0.29) is 12.6 Å². The van der Waals surface area contributed by atoms with Crippen LogP contribution >= 0.6 is 0 Å². The zero-order valence-corrected chi connectivity index (χ0v) is 10.6. The van der Waals surface area contributed by atoms with Crippen LogP contribution in [-0.2, 0) is 17.5 Å². The van der Waals surface area contributed by atoms with Crippen molar-refractivity contribution in [2.75, 3.05) is 6.54 Å². The highest BCUT2D eigenvalue weighted by Gasteiger charge is 2.36. The standard InChI is InChI=1S/C12H15F2NO2S/c13-12(14,18(16)17)7-8-15-11-6-5-9-3-1-2-4-10(9)11/h1-4,11,15H,5-8H2,(H,16,17)/t11-/m0/s1. The fraction of sp³-hybridized carbons (Fsp3) is 0.500. The first-order valence-corrected chi connectivity index (χ1v) is 6.91. The van der Waals surface area contributed by atoms with Gasteiger partial charge >= 0.3 is 5.25 Å². The molecule has 0 saturated carbocycles. The van der Waals surface area contributed by atoms with Crippen LogP contribution in [0, 0.1) is 0 Å². The summed E-state index contributed by atoms with van der Waals surface area (Å²) in [5, 5.41) is -0.513. The van der Waals surface area contributed by atoms with Gasteiger partial charge in [-0.3, -0.25) is 0 Å². The molecule has 0 aromatic heterocycles. The molecule has 0 heterocycles. The van der Waals surface area contributed by atoms with E-state index in [0.717, 1.165) is 18.4 Å². The Balaban J connectivity index is 1.88. The van der Waals surface area contributed by atoms with E-state index in [1.807, 2.05) is 24.3 Å². The lowest BCUT2D eigenvalue weighted by Crippen LogP contribution is -2.30. The van der Waals surface area contributed by atoms with Gasteiger partial charge in [0.2, 0.25) is 11.1 Å². The Morgan fingerprint density at radius 2 is 2.17 bits per heavy atom. The topological polar surface area (TPSA) is 49.3 Å². The molecule has 2 atom stereocenters. The lowest BCUT2D eigenvalue weighted by molar-refractivity contribution is 0.0794. The van der Waals surface area contributed by atoms with Gasteiger partial charge in [-0.15, -0.1) is 0 Å². The Kier molecular flexibility index (Phi) is 4.09. The number of aryl methyl sites for hydroxylation is 1. The Morgan fingerprint density at radius 1 is 1.44 bits per heavy atom. The normalized spacial score (nSPS) is 20.7. The number of rotatable bonds is 5. The summed E-state index contributed by atoms with van der Waals surface area (Å²) in [6.07, 6.45) is 1.19. The summed E-state index contributed by atoms with van der Waals surface area (Å²) in [6.45, 7) is 0.0261. The summed E-state index contributed by atoms with van der Waals surface area (Å²) in [5.41, 5.74) is 2.39. The highest BCUT2D eigenvalue weighted by Crippen LogP contribution is 2.31. The minimum absolute atomic E-state index is 0.0261. The summed E-state index contributed by atoms with van der Waals surface area (Å²) in [5.74, 6) is 0. The van der Waals surface area contributed by atoms with Crippen molar-refractivity contribution in [1.82, 2.24) is 5.32 Å². The smallest absolute Gasteiger partial charge is 0.310 e. The van der Waals surface area contributed by atoms with Crippen LogP contribution in [0.15, 0.2) is 24.3 Å². The number of hydrogen-bond donors (Lipinski definition) is 2. The molecule has 18 heavy (non-hydrogen) atoms. The van der Waals surface area contributed by atoms with Crippen LogP contribution in [0.2, 0.25) is 0 Å². The van der Waals surface area contributed by atoms with E-state index in [0.29, 0.717) is 0 Å². The maximum Gasteiger partial charge on any atom is 0.346 e. The van der Waals surface area contributed by atoms with E-state index >= 15 is 0 Å². The molecule has 0 aliphatic heterocycles. The first-order chi connectivity index (χ1) is 8.50. The molecular formula is C12H15F2NO2S. The van der Waals surface area contributed by atoms with Crippen molar-refractivity contribution >= 4 is 11.1 Å². The summed E-state index contributed by atoms with van der Waals surface area (Å²) in [6, 6.07) is 7.99. The van der Waals surface area contributed by atoms with E-state index < -0.39 is 22.8 Å². The fourth-order valence-corrected chi connectivity index (χ4v) is 2.53. The van der Waals surface area contributed by atoms with E-state index in [1.54, 1.807) is 0 Å². The number of benzene rings is 1. The van der Waals surface area contributed by atoms with Crippen LogP contribution in [0.5, 0.6) is 0 Å². The first kappa shape index (κ1) is 13.6. The molecule has 0 fully saturated rings. The molecule has 1 aliphatic rings. The zero-order valence-electron chi connectivity index (χ0n) is 9.73. The third kappa shape index (κ3) is 2.93. The average Bonchev–Trinajstić information content (AvgIpc) is 2.72. The molecular weight excluding hydrogens is 260 g/mol. The van der Waals surface area contributed by atoms with Crippen LogP contribution in [0.1, 0.15) is 30.0 Å². The van der Waals surface area contributed by atoms with E-state index in [2.05, 4.69) is 5.32 Å². The molecule has 100 valence electrons. The largest absolute Gasteiger partial charge is 0.346 e. The predicted octanol–water partition coefficient (Wildman–Crippen LogP) is 2.47. The number of alkyl halides is 2. The molecule has 0 spiro atoms. The Morgan fingerprint density at radius 3 is 2.89 bits per heavy atom. The summed E-state index contributed by atoms with van der Waals surface area (Å²) in [7, 11) is 0. The lowest BCUT2D eigenvalue weighted by Gasteiger charge is -2.16. The van der Waals surface area contributed by atoms with E-state index in [4.69, 9.17) is 4.55 Å². The lowest BCUT2D eigenvalue weighted by atomic mass is 10.1. The number of fused-ring (bicyclic) bond motifs is 1. The van der Waals surface area contributed by atoms with Gasteiger partial charge in [0.1, 0.15) is 0 Å². The van der Waals surface area contributed by atoms with Crippen LogP contribution < -0.4 is 5.32 Å². The van der Waals surface area contributed by atoms with Crippen LogP contribution in [-0.4, -0.2) is 20.6 Å². The summed E-state index contributed by atoms with van der Waals surface area (Å²) >= 11 is -3.10. The van der Waals surface area contributed by atoms with Gasteiger partial charge in [-0.1, -0.05) is 24.3 Å². The number of hydrogen-bond acceptors (Lipinski definition) is 2. The SMILES string of the molecule is O=S(O)C(F)(F)CCN[C@H]1CCc2ccccc21. The van der Waals surface area contributed by atoms with Gasteiger partial charge in [-0.2, -0.15) is 8.78 Å². The molecule has 0 saturated heterocycles. The molecule has 2 N–H and O–H groups in total. The molecule has 2 rings (SSSR count). The molecule has 1 aromatic carbocycles. The predicted molar refractivity (Wildman–Crippen MR) is 65.8 cm³/mol. The van der Waals surface area contributed by atoms with Gasteiger partial charge in [0.25, 0.3) is 0 Å². The minimum atomic E-state index is -3.54. The second-order valence-electron chi connectivity index (χ2n) is 4.38. The minimum Gasteiger partial charge on any atom is -0.310 e. The van der Waals surface area contributed by atoms with Crippen molar-refractivity contribution < 1.29 is 17.5 Å². The average molecular weight is 275 g/mol. The van der Waals surface area contributed by atoms with E-state index in [1.165, 1.54) is 5.56 Å². The fourth-order valence-electron chi connectivity index (χ4n) is 2.25. The highest BCUT2D eigenvalue weighted by molar-refractivity contribution is 7.80. The molecule has 6 heteroatoms. The first-order valence-electron chi connectivity index (χ1n) is 5.80. The van der Waals surface area contributed by atoms with Crippen LogP contribution in [0.3, 0.4) is 0 Å². The Hall–Kier alpha value is -0.850. The second-order valence-corrected chi connectivity index (χ2v) is 5.48. The molecule has 0 radical (unpaired) electrons. The third-order valence-corrected chi connectivity index (χ3v) is 3.91. The number of nitrogens with one attached hydrogen (secondary N) is 1. The van der Waals surface area contributed by atoms with Gasteiger partial charge in [0.15, 0.2) is 0 Å². The van der Waals surface area contributed by atoms with Gasteiger partial charge in [-0.25, -0.2) is 4.21 Å². The van der Waals surface area contributed by atoms with Gasteiger partial charge < -0.3 is 9.87 Å².